The molecular formula is C27H38N4O3. The van der Waals surface area contributed by atoms with Gasteiger partial charge >= 0.3 is 0 Å². The molecule has 0 unspecified atom stereocenters. The van der Waals surface area contributed by atoms with E-state index in [1.54, 1.807) is 4.90 Å². The number of fused-ring (bicyclic) bond motifs is 1. The van der Waals surface area contributed by atoms with Gasteiger partial charge in [-0.15, -0.1) is 0 Å². The Kier molecular flexibility index (Phi) is 5.74. The van der Waals surface area contributed by atoms with Gasteiger partial charge in [-0.2, -0.15) is 0 Å². The Morgan fingerprint density at radius 3 is 2.38 bits per heavy atom. The van der Waals surface area contributed by atoms with E-state index in [1.807, 2.05) is 23.4 Å². The number of benzene rings is 1. The van der Waals surface area contributed by atoms with Crippen molar-refractivity contribution in [1.82, 2.24) is 19.4 Å². The lowest BCUT2D eigenvalue weighted by molar-refractivity contribution is -0.141. The molecule has 2 aromatic rings. The Morgan fingerprint density at radius 1 is 1.09 bits per heavy atom. The van der Waals surface area contributed by atoms with Crippen molar-refractivity contribution in [2.45, 2.75) is 95.7 Å². The molecule has 0 radical (unpaired) electrons. The van der Waals surface area contributed by atoms with Crippen molar-refractivity contribution in [3.8, 4) is 0 Å². The molecular weight excluding hydrogens is 428 g/mol. The molecule has 34 heavy (non-hydrogen) atoms. The number of hydrogen-bond donors (Lipinski definition) is 1. The van der Waals surface area contributed by atoms with E-state index in [4.69, 9.17) is 4.98 Å². The Labute approximate surface area is 202 Å². The maximum absolute atomic E-state index is 13.7. The zero-order valence-electron chi connectivity index (χ0n) is 21.2. The van der Waals surface area contributed by atoms with Crippen LogP contribution < -0.4 is 0 Å². The molecule has 1 aromatic heterocycles. The number of nitrogens with zero attached hydrogens (tertiary/aromatic N) is 4. The fraction of sp³-hybridized carbons (Fsp3) is 0.667. The number of aliphatic hydroxyl groups is 1. The van der Waals surface area contributed by atoms with E-state index >= 15 is 0 Å². The average molecular weight is 467 g/mol. The highest BCUT2D eigenvalue weighted by Crippen LogP contribution is 2.43. The van der Waals surface area contributed by atoms with Crippen LogP contribution in [0.3, 0.4) is 0 Å². The zero-order chi connectivity index (χ0) is 24.4. The molecule has 1 N–H and O–H groups in total. The summed E-state index contributed by atoms with van der Waals surface area (Å²) in [5, 5.41) is 9.82. The van der Waals surface area contributed by atoms with Gasteiger partial charge in [-0.25, -0.2) is 4.98 Å². The SMILES string of the molecule is C[C@@H]1CN(C2CCC(O)CC2)C(=O)CN1C(=O)c1nc2c(C(C)(C)C)cc(C3CC3)cc2n1C. The molecule has 1 aromatic carbocycles. The molecule has 2 amide bonds. The first-order chi connectivity index (χ1) is 16.0. The molecule has 184 valence electrons. The van der Waals surface area contributed by atoms with Gasteiger partial charge in [-0.3, -0.25) is 9.59 Å². The summed E-state index contributed by atoms with van der Waals surface area (Å²) in [6.07, 6.45) is 5.34. The monoisotopic (exact) mass is 466 g/mol. The lowest BCUT2D eigenvalue weighted by Gasteiger charge is -2.44. The van der Waals surface area contributed by atoms with Crippen molar-refractivity contribution in [2.24, 2.45) is 7.05 Å². The quantitative estimate of drug-likeness (QED) is 0.748. The van der Waals surface area contributed by atoms with Crippen molar-refractivity contribution in [1.29, 1.82) is 0 Å². The number of hydrogen-bond acceptors (Lipinski definition) is 4. The van der Waals surface area contributed by atoms with Gasteiger partial charge in [-0.05, 0) is 74.0 Å². The van der Waals surface area contributed by atoms with E-state index in [0.29, 0.717) is 18.3 Å². The van der Waals surface area contributed by atoms with Crippen molar-refractivity contribution < 1.29 is 14.7 Å². The summed E-state index contributed by atoms with van der Waals surface area (Å²) in [6, 6.07) is 4.58. The number of imidazole rings is 1. The van der Waals surface area contributed by atoms with Gasteiger partial charge in [0.25, 0.3) is 5.91 Å². The third-order valence-electron chi connectivity index (χ3n) is 8.04. The Morgan fingerprint density at radius 2 is 1.76 bits per heavy atom. The van der Waals surface area contributed by atoms with E-state index in [1.165, 1.54) is 24.0 Å². The van der Waals surface area contributed by atoms with Gasteiger partial charge in [0.2, 0.25) is 5.91 Å². The minimum absolute atomic E-state index is 0.00185. The number of carbonyl (C=O) groups excluding carboxylic acids is 2. The topological polar surface area (TPSA) is 78.7 Å². The first kappa shape index (κ1) is 23.3. The molecule has 2 aliphatic carbocycles. The van der Waals surface area contributed by atoms with Gasteiger partial charge in [0, 0.05) is 25.7 Å². The maximum atomic E-state index is 13.7. The van der Waals surface area contributed by atoms with E-state index in [0.717, 1.165) is 36.7 Å². The first-order valence-corrected chi connectivity index (χ1v) is 12.8. The summed E-state index contributed by atoms with van der Waals surface area (Å²) in [4.78, 5) is 35.3. The number of rotatable bonds is 3. The predicted octanol–water partition coefficient (Wildman–Crippen LogP) is 3.72. The number of aromatic nitrogens is 2. The van der Waals surface area contributed by atoms with Crippen LogP contribution in [-0.4, -0.2) is 67.5 Å². The Balaban J connectivity index is 1.43. The van der Waals surface area contributed by atoms with E-state index in [9.17, 15) is 14.7 Å². The van der Waals surface area contributed by atoms with Crippen LogP contribution in [0.5, 0.6) is 0 Å². The molecule has 3 fully saturated rings. The fourth-order valence-corrected chi connectivity index (χ4v) is 5.72. The van der Waals surface area contributed by atoms with Crippen LogP contribution in [0.4, 0.5) is 0 Å². The van der Waals surface area contributed by atoms with Crippen LogP contribution in [0.2, 0.25) is 0 Å². The normalized spacial score (nSPS) is 26.4. The minimum atomic E-state index is -0.248. The van der Waals surface area contributed by atoms with Gasteiger partial charge in [0.1, 0.15) is 6.54 Å². The van der Waals surface area contributed by atoms with Crippen LogP contribution in [0.15, 0.2) is 12.1 Å². The highest BCUT2D eigenvalue weighted by atomic mass is 16.3. The summed E-state index contributed by atoms with van der Waals surface area (Å²) in [6.45, 7) is 9.22. The number of piperazine rings is 1. The van der Waals surface area contributed by atoms with Crippen molar-refractivity contribution in [3.63, 3.8) is 0 Å². The highest BCUT2D eigenvalue weighted by Gasteiger charge is 2.39. The molecule has 5 rings (SSSR count). The lowest BCUT2D eigenvalue weighted by Crippen LogP contribution is -2.60. The predicted molar refractivity (Wildman–Crippen MR) is 132 cm³/mol. The second-order valence-electron chi connectivity index (χ2n) is 11.7. The molecule has 7 nitrogen and oxygen atoms in total. The second kappa shape index (κ2) is 8.36. The third-order valence-corrected chi connectivity index (χ3v) is 8.04. The Bertz CT molecular complexity index is 1120. The number of aryl methyl sites for hydroxylation is 1. The van der Waals surface area contributed by atoms with Crippen molar-refractivity contribution in [3.05, 3.63) is 29.1 Å². The molecule has 3 aliphatic rings. The van der Waals surface area contributed by atoms with E-state index in [-0.39, 0.29) is 42.0 Å². The van der Waals surface area contributed by atoms with Crippen LogP contribution in [0, 0.1) is 0 Å². The smallest absolute Gasteiger partial charge is 0.290 e. The van der Waals surface area contributed by atoms with Crippen LogP contribution in [0.25, 0.3) is 11.0 Å². The van der Waals surface area contributed by atoms with Gasteiger partial charge < -0.3 is 19.5 Å². The van der Waals surface area contributed by atoms with Gasteiger partial charge in [-0.1, -0.05) is 26.8 Å². The van der Waals surface area contributed by atoms with Crippen molar-refractivity contribution >= 4 is 22.8 Å². The largest absolute Gasteiger partial charge is 0.393 e. The standard InChI is InChI=1S/C27H38N4O3/c1-16-14-31(19-8-10-20(32)11-9-19)23(33)15-30(16)26(34)25-28-24-21(27(2,3)4)12-18(17-6-7-17)13-22(24)29(25)5/h12-13,16-17,19-20,32H,6-11,14-15H2,1-5H3/t16-,19?,20?/m1/s1. The van der Waals surface area contributed by atoms with Crippen molar-refractivity contribution in [2.75, 3.05) is 13.1 Å². The summed E-state index contributed by atoms with van der Waals surface area (Å²) in [5.41, 5.74) is 4.32. The number of carbonyl (C=O) groups is 2. The minimum Gasteiger partial charge on any atom is -0.393 e. The average Bonchev–Trinajstić information content (AvgIpc) is 3.58. The first-order valence-electron chi connectivity index (χ1n) is 12.8. The maximum Gasteiger partial charge on any atom is 0.290 e. The van der Waals surface area contributed by atoms with Crippen LogP contribution in [-0.2, 0) is 17.3 Å². The van der Waals surface area contributed by atoms with E-state index < -0.39 is 0 Å². The molecule has 1 atom stereocenters. The number of amides is 2. The highest BCUT2D eigenvalue weighted by molar-refractivity contribution is 5.98. The van der Waals surface area contributed by atoms with E-state index in [2.05, 4.69) is 32.9 Å². The molecule has 1 saturated heterocycles. The molecule has 1 aliphatic heterocycles. The fourth-order valence-electron chi connectivity index (χ4n) is 5.72. The molecule has 7 heteroatoms. The lowest BCUT2D eigenvalue weighted by atomic mass is 9.84. The third kappa shape index (κ3) is 4.12. The van der Waals surface area contributed by atoms with Crippen LogP contribution in [0.1, 0.15) is 93.9 Å². The molecule has 0 bridgehead atoms. The van der Waals surface area contributed by atoms with Crippen LogP contribution >= 0.6 is 0 Å². The Hall–Kier alpha value is -2.41. The molecule has 0 spiro atoms. The summed E-state index contributed by atoms with van der Waals surface area (Å²) >= 11 is 0. The number of aliphatic hydroxyl groups excluding tert-OH is 1. The summed E-state index contributed by atoms with van der Waals surface area (Å²) < 4.78 is 1.92. The second-order valence-corrected chi connectivity index (χ2v) is 11.7. The summed E-state index contributed by atoms with van der Waals surface area (Å²) in [7, 11) is 1.92. The zero-order valence-corrected chi connectivity index (χ0v) is 21.2. The summed E-state index contributed by atoms with van der Waals surface area (Å²) in [5.74, 6) is 0.845. The molecule has 2 saturated carbocycles. The van der Waals surface area contributed by atoms with Gasteiger partial charge in [0.05, 0.1) is 17.1 Å². The van der Waals surface area contributed by atoms with Gasteiger partial charge in [0.15, 0.2) is 5.82 Å². The molecule has 2 heterocycles.